The summed E-state index contributed by atoms with van der Waals surface area (Å²) in [6.07, 6.45) is 2.87. The minimum absolute atomic E-state index is 0.200. The van der Waals surface area contributed by atoms with Gasteiger partial charge < -0.3 is 21.3 Å². The SMILES string of the molecule is Nc1ccc(NC(=O)/C=C/c2ccc(O)c(O)c2)cc1. The van der Waals surface area contributed by atoms with Crippen LogP contribution in [0.3, 0.4) is 0 Å². The zero-order valence-corrected chi connectivity index (χ0v) is 10.6. The Labute approximate surface area is 116 Å². The number of nitrogen functional groups attached to an aromatic ring is 1. The summed E-state index contributed by atoms with van der Waals surface area (Å²) in [5, 5.41) is 21.2. The van der Waals surface area contributed by atoms with Crippen molar-refractivity contribution in [3.05, 3.63) is 54.1 Å². The molecule has 0 heterocycles. The van der Waals surface area contributed by atoms with Crippen molar-refractivity contribution in [2.45, 2.75) is 0 Å². The van der Waals surface area contributed by atoms with E-state index in [2.05, 4.69) is 5.32 Å². The van der Waals surface area contributed by atoms with Crippen LogP contribution in [0.25, 0.3) is 6.08 Å². The maximum atomic E-state index is 11.7. The second-order valence-electron chi connectivity index (χ2n) is 4.19. The predicted molar refractivity (Wildman–Crippen MR) is 78.3 cm³/mol. The van der Waals surface area contributed by atoms with Gasteiger partial charge >= 0.3 is 0 Å². The first-order valence-electron chi connectivity index (χ1n) is 5.91. The molecule has 5 N–H and O–H groups in total. The number of carbonyl (C=O) groups is 1. The van der Waals surface area contributed by atoms with Gasteiger partial charge in [-0.2, -0.15) is 0 Å². The van der Waals surface area contributed by atoms with Crippen LogP contribution in [-0.2, 0) is 4.79 Å². The van der Waals surface area contributed by atoms with Gasteiger partial charge in [0.05, 0.1) is 0 Å². The van der Waals surface area contributed by atoms with Crippen LogP contribution in [0.1, 0.15) is 5.56 Å². The summed E-state index contributed by atoms with van der Waals surface area (Å²) in [5.41, 5.74) is 7.42. The fraction of sp³-hybridized carbons (Fsp3) is 0. The number of phenols is 2. The highest BCUT2D eigenvalue weighted by Gasteiger charge is 2.00. The number of anilines is 2. The van der Waals surface area contributed by atoms with E-state index in [0.29, 0.717) is 16.9 Å². The van der Waals surface area contributed by atoms with Crippen LogP contribution in [0.2, 0.25) is 0 Å². The van der Waals surface area contributed by atoms with Gasteiger partial charge in [0.15, 0.2) is 11.5 Å². The van der Waals surface area contributed by atoms with E-state index in [-0.39, 0.29) is 17.4 Å². The number of benzene rings is 2. The number of phenolic OH excluding ortho intramolecular Hbond substituents is 2. The fourth-order valence-corrected chi connectivity index (χ4v) is 1.57. The quantitative estimate of drug-likeness (QED) is 0.391. The average molecular weight is 270 g/mol. The molecule has 0 radical (unpaired) electrons. The molecule has 0 saturated heterocycles. The van der Waals surface area contributed by atoms with Crippen molar-refractivity contribution in [1.82, 2.24) is 0 Å². The van der Waals surface area contributed by atoms with E-state index >= 15 is 0 Å². The molecule has 5 nitrogen and oxygen atoms in total. The molecule has 0 spiro atoms. The van der Waals surface area contributed by atoms with Crippen molar-refractivity contribution in [2.24, 2.45) is 0 Å². The summed E-state index contributed by atoms with van der Waals surface area (Å²) in [4.78, 5) is 11.7. The molecule has 2 aromatic rings. The molecule has 0 fully saturated rings. The van der Waals surface area contributed by atoms with Gasteiger partial charge in [0.1, 0.15) is 0 Å². The third kappa shape index (κ3) is 3.52. The Balaban J connectivity index is 2.01. The maximum Gasteiger partial charge on any atom is 0.248 e. The monoisotopic (exact) mass is 270 g/mol. The van der Waals surface area contributed by atoms with Crippen molar-refractivity contribution in [1.29, 1.82) is 0 Å². The van der Waals surface area contributed by atoms with Crippen molar-refractivity contribution in [3.63, 3.8) is 0 Å². The highest BCUT2D eigenvalue weighted by Crippen LogP contribution is 2.25. The first kappa shape index (κ1) is 13.5. The van der Waals surface area contributed by atoms with Crippen LogP contribution in [0.15, 0.2) is 48.5 Å². The van der Waals surface area contributed by atoms with E-state index in [1.807, 2.05) is 0 Å². The molecule has 0 unspecified atom stereocenters. The van der Waals surface area contributed by atoms with Crippen LogP contribution >= 0.6 is 0 Å². The van der Waals surface area contributed by atoms with Crippen molar-refractivity contribution in [2.75, 3.05) is 11.1 Å². The molecule has 2 aromatic carbocycles. The first-order chi connectivity index (χ1) is 9.54. The molecule has 5 heteroatoms. The molecule has 0 aliphatic heterocycles. The Hall–Kier alpha value is -2.95. The van der Waals surface area contributed by atoms with E-state index in [9.17, 15) is 15.0 Å². The number of amides is 1. The first-order valence-corrected chi connectivity index (χ1v) is 5.91. The second-order valence-corrected chi connectivity index (χ2v) is 4.19. The predicted octanol–water partition coefficient (Wildman–Crippen LogP) is 2.33. The van der Waals surface area contributed by atoms with Crippen LogP contribution in [0.5, 0.6) is 11.5 Å². The zero-order chi connectivity index (χ0) is 14.5. The Morgan fingerprint density at radius 1 is 1.05 bits per heavy atom. The topological polar surface area (TPSA) is 95.6 Å². The summed E-state index contributed by atoms with van der Waals surface area (Å²) in [5.74, 6) is -0.734. The Morgan fingerprint density at radius 2 is 1.75 bits per heavy atom. The van der Waals surface area contributed by atoms with Gasteiger partial charge in [0.25, 0.3) is 0 Å². The molecule has 0 aliphatic carbocycles. The van der Waals surface area contributed by atoms with E-state index < -0.39 is 0 Å². The highest BCUT2D eigenvalue weighted by molar-refractivity contribution is 6.02. The minimum atomic E-state index is -0.303. The maximum absolute atomic E-state index is 11.7. The molecule has 102 valence electrons. The van der Waals surface area contributed by atoms with Crippen LogP contribution in [0.4, 0.5) is 11.4 Å². The fourth-order valence-electron chi connectivity index (χ4n) is 1.57. The van der Waals surface area contributed by atoms with E-state index in [1.165, 1.54) is 24.3 Å². The third-order valence-corrected chi connectivity index (χ3v) is 2.60. The van der Waals surface area contributed by atoms with Crippen molar-refractivity contribution < 1.29 is 15.0 Å². The van der Waals surface area contributed by atoms with Gasteiger partial charge in [-0.15, -0.1) is 0 Å². The van der Waals surface area contributed by atoms with Crippen molar-refractivity contribution >= 4 is 23.4 Å². The normalized spacial score (nSPS) is 10.6. The summed E-state index contributed by atoms with van der Waals surface area (Å²) >= 11 is 0. The summed E-state index contributed by atoms with van der Waals surface area (Å²) in [6, 6.07) is 11.1. The molecular weight excluding hydrogens is 256 g/mol. The molecular formula is C15H14N2O3. The number of nitrogens with two attached hydrogens (primary N) is 1. The van der Waals surface area contributed by atoms with Crippen LogP contribution < -0.4 is 11.1 Å². The summed E-state index contributed by atoms with van der Waals surface area (Å²) in [6.45, 7) is 0. The molecule has 0 aromatic heterocycles. The summed E-state index contributed by atoms with van der Waals surface area (Å²) in [7, 11) is 0. The number of hydrogen-bond acceptors (Lipinski definition) is 4. The Morgan fingerprint density at radius 3 is 2.40 bits per heavy atom. The lowest BCUT2D eigenvalue weighted by atomic mass is 10.2. The second kappa shape index (κ2) is 5.79. The molecule has 0 saturated carbocycles. The average Bonchev–Trinajstić information content (AvgIpc) is 2.43. The van der Waals surface area contributed by atoms with Crippen LogP contribution in [0, 0.1) is 0 Å². The molecule has 1 amide bonds. The number of nitrogens with one attached hydrogen (secondary N) is 1. The minimum Gasteiger partial charge on any atom is -0.504 e. The number of hydrogen-bond donors (Lipinski definition) is 4. The lowest BCUT2D eigenvalue weighted by Gasteiger charge is -2.02. The van der Waals surface area contributed by atoms with Gasteiger partial charge in [-0.3, -0.25) is 4.79 Å². The van der Waals surface area contributed by atoms with E-state index in [0.717, 1.165) is 0 Å². The molecule has 0 bridgehead atoms. The zero-order valence-electron chi connectivity index (χ0n) is 10.6. The van der Waals surface area contributed by atoms with Crippen LogP contribution in [-0.4, -0.2) is 16.1 Å². The van der Waals surface area contributed by atoms with Gasteiger partial charge in [-0.1, -0.05) is 6.07 Å². The van der Waals surface area contributed by atoms with Gasteiger partial charge in [-0.25, -0.2) is 0 Å². The van der Waals surface area contributed by atoms with E-state index in [1.54, 1.807) is 30.3 Å². The lowest BCUT2D eigenvalue weighted by molar-refractivity contribution is -0.111. The summed E-state index contributed by atoms with van der Waals surface area (Å²) < 4.78 is 0. The van der Waals surface area contributed by atoms with Gasteiger partial charge in [0, 0.05) is 17.5 Å². The Bertz CT molecular complexity index is 649. The molecule has 0 atom stereocenters. The number of rotatable bonds is 3. The largest absolute Gasteiger partial charge is 0.504 e. The Kier molecular flexibility index (Phi) is 3.91. The third-order valence-electron chi connectivity index (χ3n) is 2.60. The number of carbonyl (C=O) groups excluding carboxylic acids is 1. The highest BCUT2D eigenvalue weighted by atomic mass is 16.3. The van der Waals surface area contributed by atoms with Gasteiger partial charge in [-0.05, 0) is 48.0 Å². The molecule has 0 aliphatic rings. The van der Waals surface area contributed by atoms with Crippen molar-refractivity contribution in [3.8, 4) is 11.5 Å². The standard InChI is InChI=1S/C15H14N2O3/c16-11-3-5-12(6-4-11)17-15(20)8-2-10-1-7-13(18)14(19)9-10/h1-9,18-19H,16H2,(H,17,20)/b8-2+. The number of aromatic hydroxyl groups is 2. The van der Waals surface area contributed by atoms with Gasteiger partial charge in [0.2, 0.25) is 5.91 Å². The molecule has 20 heavy (non-hydrogen) atoms. The lowest BCUT2D eigenvalue weighted by Crippen LogP contribution is -2.07. The van der Waals surface area contributed by atoms with E-state index in [4.69, 9.17) is 5.73 Å². The smallest absolute Gasteiger partial charge is 0.248 e. The molecule has 2 rings (SSSR count).